The number of nitrogens with one attached hydrogen (secondary N) is 2. The van der Waals surface area contributed by atoms with Gasteiger partial charge in [0, 0.05) is 34.6 Å². The molecule has 0 spiro atoms. The summed E-state index contributed by atoms with van der Waals surface area (Å²) in [5, 5.41) is 12.4. The lowest BCUT2D eigenvalue weighted by atomic mass is 9.98. The molecule has 2 amide bonds. The minimum atomic E-state index is -0.346. The van der Waals surface area contributed by atoms with Gasteiger partial charge in [-0.15, -0.1) is 0 Å². The zero-order chi connectivity index (χ0) is 27.4. The van der Waals surface area contributed by atoms with Crippen LogP contribution in [0.25, 0.3) is 16.5 Å². The van der Waals surface area contributed by atoms with Gasteiger partial charge in [0.2, 0.25) is 0 Å². The topological polar surface area (TPSA) is 81.1 Å². The molecule has 198 valence electrons. The molecule has 2 heterocycles. The first-order valence-electron chi connectivity index (χ1n) is 13.2. The molecule has 0 fully saturated rings. The minimum absolute atomic E-state index is 0.260. The van der Waals surface area contributed by atoms with E-state index >= 15 is 0 Å². The molecule has 5 rings (SSSR count). The number of amides is 2. The van der Waals surface area contributed by atoms with Crippen LogP contribution in [0.4, 0.5) is 16.3 Å². The molecule has 2 aromatic heterocycles. The number of aryl methyl sites for hydroxylation is 3. The molecular formula is C32H33N5O2. The van der Waals surface area contributed by atoms with Crippen LogP contribution >= 0.6 is 0 Å². The van der Waals surface area contributed by atoms with Gasteiger partial charge >= 0.3 is 6.03 Å². The molecule has 0 aliphatic carbocycles. The standard InChI is InChI=1S/C32H33N5O2/c1-5-24(25-16-17-33-22(3)18-25)20-39-30-15-14-29(27-8-6-7-9-28(27)30)34-32(38)35-31-19-23(4)36-37(31)26-12-10-21(2)11-13-26/h6-19,24H,5,20H2,1-4H3,(H2,34,35,38). The van der Waals surface area contributed by atoms with Crippen molar-refractivity contribution in [1.82, 2.24) is 14.8 Å². The summed E-state index contributed by atoms with van der Waals surface area (Å²) in [7, 11) is 0. The van der Waals surface area contributed by atoms with Crippen LogP contribution in [0.15, 0.2) is 85.1 Å². The molecule has 39 heavy (non-hydrogen) atoms. The van der Waals surface area contributed by atoms with Crippen molar-refractivity contribution in [2.75, 3.05) is 17.2 Å². The van der Waals surface area contributed by atoms with Crippen LogP contribution in [0.1, 0.15) is 41.8 Å². The van der Waals surface area contributed by atoms with Gasteiger partial charge < -0.3 is 10.1 Å². The Bertz CT molecular complexity index is 1610. The Balaban J connectivity index is 1.34. The molecule has 0 aliphatic heterocycles. The number of benzene rings is 3. The van der Waals surface area contributed by atoms with Crippen molar-refractivity contribution in [1.29, 1.82) is 0 Å². The lowest BCUT2D eigenvalue weighted by Gasteiger charge is -2.19. The van der Waals surface area contributed by atoms with Crippen LogP contribution in [0.5, 0.6) is 5.75 Å². The molecule has 1 unspecified atom stereocenters. The Hall–Kier alpha value is -4.65. The second-order valence-electron chi connectivity index (χ2n) is 9.80. The molecule has 2 N–H and O–H groups in total. The number of fused-ring (bicyclic) bond motifs is 1. The molecule has 7 heteroatoms. The lowest BCUT2D eigenvalue weighted by molar-refractivity contribution is 0.262. The molecule has 0 radical (unpaired) electrons. The number of rotatable bonds is 8. The van der Waals surface area contributed by atoms with Gasteiger partial charge in [0.15, 0.2) is 0 Å². The van der Waals surface area contributed by atoms with Crippen LogP contribution in [-0.4, -0.2) is 27.4 Å². The number of hydrogen-bond acceptors (Lipinski definition) is 4. The largest absolute Gasteiger partial charge is 0.492 e. The average Bonchev–Trinajstić information content (AvgIpc) is 3.30. The number of urea groups is 1. The van der Waals surface area contributed by atoms with E-state index < -0.39 is 0 Å². The molecule has 5 aromatic rings. The van der Waals surface area contributed by atoms with Crippen molar-refractivity contribution in [2.45, 2.75) is 40.0 Å². The SMILES string of the molecule is CCC(COc1ccc(NC(=O)Nc2cc(C)nn2-c2ccc(C)cc2)c2ccccc12)c1ccnc(C)c1. The number of pyridine rings is 1. The van der Waals surface area contributed by atoms with Gasteiger partial charge in [-0.25, -0.2) is 9.48 Å². The summed E-state index contributed by atoms with van der Waals surface area (Å²) in [4.78, 5) is 17.4. The number of nitrogens with zero attached hydrogens (tertiary/aromatic N) is 3. The van der Waals surface area contributed by atoms with E-state index in [0.29, 0.717) is 18.1 Å². The Morgan fingerprint density at radius 1 is 0.897 bits per heavy atom. The number of aromatic nitrogens is 3. The van der Waals surface area contributed by atoms with Gasteiger partial charge in [0.25, 0.3) is 0 Å². The Morgan fingerprint density at radius 3 is 2.41 bits per heavy atom. The highest BCUT2D eigenvalue weighted by atomic mass is 16.5. The second-order valence-corrected chi connectivity index (χ2v) is 9.80. The summed E-state index contributed by atoms with van der Waals surface area (Å²) < 4.78 is 8.07. The molecule has 0 saturated heterocycles. The monoisotopic (exact) mass is 519 g/mol. The summed E-state index contributed by atoms with van der Waals surface area (Å²) >= 11 is 0. The van der Waals surface area contributed by atoms with E-state index in [2.05, 4.69) is 39.8 Å². The lowest BCUT2D eigenvalue weighted by Crippen LogP contribution is -2.21. The maximum atomic E-state index is 13.1. The molecule has 0 aliphatic rings. The molecule has 1 atom stereocenters. The van der Waals surface area contributed by atoms with Crippen molar-refractivity contribution < 1.29 is 9.53 Å². The van der Waals surface area contributed by atoms with Gasteiger partial charge in [0.05, 0.1) is 23.7 Å². The van der Waals surface area contributed by atoms with Crippen LogP contribution in [-0.2, 0) is 0 Å². The fraction of sp³-hybridized carbons (Fsp3) is 0.219. The maximum Gasteiger partial charge on any atom is 0.324 e. The van der Waals surface area contributed by atoms with E-state index in [4.69, 9.17) is 4.74 Å². The summed E-state index contributed by atoms with van der Waals surface area (Å²) in [5.74, 6) is 1.64. The van der Waals surface area contributed by atoms with Crippen LogP contribution in [0, 0.1) is 20.8 Å². The van der Waals surface area contributed by atoms with E-state index in [9.17, 15) is 4.79 Å². The number of ether oxygens (including phenoxy) is 1. The van der Waals surface area contributed by atoms with Crippen molar-refractivity contribution in [2.24, 2.45) is 0 Å². The Morgan fingerprint density at radius 2 is 1.67 bits per heavy atom. The highest BCUT2D eigenvalue weighted by molar-refractivity contribution is 6.07. The fourth-order valence-electron chi connectivity index (χ4n) is 4.71. The van der Waals surface area contributed by atoms with Crippen molar-refractivity contribution in [3.63, 3.8) is 0 Å². The van der Waals surface area contributed by atoms with Crippen molar-refractivity contribution >= 4 is 28.3 Å². The number of carbonyl (C=O) groups is 1. The third kappa shape index (κ3) is 5.93. The minimum Gasteiger partial charge on any atom is -0.492 e. The second kappa shape index (κ2) is 11.4. The van der Waals surface area contributed by atoms with Crippen LogP contribution in [0.3, 0.4) is 0 Å². The van der Waals surface area contributed by atoms with Crippen LogP contribution in [0.2, 0.25) is 0 Å². The third-order valence-corrected chi connectivity index (χ3v) is 6.81. The first-order valence-corrected chi connectivity index (χ1v) is 13.2. The Kier molecular flexibility index (Phi) is 7.59. The van der Waals surface area contributed by atoms with E-state index in [1.807, 2.05) is 93.7 Å². The first kappa shape index (κ1) is 26.0. The summed E-state index contributed by atoms with van der Waals surface area (Å²) in [6, 6.07) is 25.4. The van der Waals surface area contributed by atoms with Gasteiger partial charge in [-0.05, 0) is 69.2 Å². The molecular weight excluding hydrogens is 486 g/mol. The number of anilines is 2. The highest BCUT2D eigenvalue weighted by Gasteiger charge is 2.15. The van der Waals surface area contributed by atoms with E-state index in [1.54, 1.807) is 4.68 Å². The van der Waals surface area contributed by atoms with Gasteiger partial charge in [-0.3, -0.25) is 10.3 Å². The van der Waals surface area contributed by atoms with E-state index in [0.717, 1.165) is 45.6 Å². The maximum absolute atomic E-state index is 13.1. The van der Waals surface area contributed by atoms with Crippen molar-refractivity contribution in [3.8, 4) is 11.4 Å². The van der Waals surface area contributed by atoms with Crippen LogP contribution < -0.4 is 15.4 Å². The fourth-order valence-corrected chi connectivity index (χ4v) is 4.71. The van der Waals surface area contributed by atoms with E-state index in [1.165, 1.54) is 5.56 Å². The third-order valence-electron chi connectivity index (χ3n) is 6.81. The zero-order valence-electron chi connectivity index (χ0n) is 22.7. The zero-order valence-corrected chi connectivity index (χ0v) is 22.7. The quantitative estimate of drug-likeness (QED) is 0.222. The smallest absolute Gasteiger partial charge is 0.324 e. The first-order chi connectivity index (χ1) is 18.9. The van der Waals surface area contributed by atoms with Gasteiger partial charge in [0.1, 0.15) is 11.6 Å². The molecule has 0 saturated carbocycles. The number of carbonyl (C=O) groups excluding carboxylic acids is 1. The predicted molar refractivity (Wildman–Crippen MR) is 157 cm³/mol. The molecule has 3 aromatic carbocycles. The molecule has 7 nitrogen and oxygen atoms in total. The van der Waals surface area contributed by atoms with E-state index in [-0.39, 0.29) is 11.9 Å². The van der Waals surface area contributed by atoms with Crippen molar-refractivity contribution in [3.05, 3.63) is 108 Å². The van der Waals surface area contributed by atoms with Gasteiger partial charge in [-0.2, -0.15) is 5.10 Å². The molecule has 0 bridgehead atoms. The number of hydrogen-bond donors (Lipinski definition) is 2. The summed E-state index contributed by atoms with van der Waals surface area (Å²) in [6.45, 7) is 8.66. The normalized spacial score (nSPS) is 11.8. The summed E-state index contributed by atoms with van der Waals surface area (Å²) in [5.41, 5.74) is 5.78. The summed E-state index contributed by atoms with van der Waals surface area (Å²) in [6.07, 6.45) is 2.81. The Labute approximate surface area is 228 Å². The highest BCUT2D eigenvalue weighted by Crippen LogP contribution is 2.33. The average molecular weight is 520 g/mol. The van der Waals surface area contributed by atoms with Gasteiger partial charge in [-0.1, -0.05) is 48.9 Å². The predicted octanol–water partition coefficient (Wildman–Crippen LogP) is 7.56.